The molecular weight excluding hydrogens is 297 g/mol. The molecule has 2 aliphatic rings. The van der Waals surface area contributed by atoms with E-state index in [1.54, 1.807) is 6.08 Å². The van der Waals surface area contributed by atoms with E-state index in [0.717, 1.165) is 51.3 Å². The SMILES string of the molecule is FC(F)(F)[CH]C1C=c2ccccc2=c2ccc3c(c21)CCCC=3. The fourth-order valence-corrected chi connectivity index (χ4v) is 3.80. The van der Waals surface area contributed by atoms with E-state index in [4.69, 9.17) is 0 Å². The van der Waals surface area contributed by atoms with Crippen molar-refractivity contribution in [2.24, 2.45) is 0 Å². The molecule has 3 heteroatoms. The van der Waals surface area contributed by atoms with Gasteiger partial charge >= 0.3 is 6.18 Å². The molecule has 0 bridgehead atoms. The minimum absolute atomic E-state index is 0.524. The maximum absolute atomic E-state index is 13.1. The number of rotatable bonds is 1. The van der Waals surface area contributed by atoms with Crippen LogP contribution in [0.2, 0.25) is 0 Å². The molecule has 0 N–H and O–H groups in total. The second kappa shape index (κ2) is 5.26. The maximum atomic E-state index is 13.1. The van der Waals surface area contributed by atoms with Crippen LogP contribution in [0.15, 0.2) is 36.4 Å². The molecule has 0 fully saturated rings. The fourth-order valence-electron chi connectivity index (χ4n) is 3.80. The quantitative estimate of drug-likeness (QED) is 0.752. The normalized spacial score (nSPS) is 19.0. The number of hydrogen-bond acceptors (Lipinski definition) is 0. The van der Waals surface area contributed by atoms with Gasteiger partial charge in [0.05, 0.1) is 6.42 Å². The van der Waals surface area contributed by atoms with Crippen LogP contribution in [0.5, 0.6) is 0 Å². The summed E-state index contributed by atoms with van der Waals surface area (Å²) in [6, 6.07) is 11.7. The highest BCUT2D eigenvalue weighted by Gasteiger charge is 2.34. The second-order valence-electron chi connectivity index (χ2n) is 6.18. The Morgan fingerprint density at radius 1 is 0.957 bits per heavy atom. The van der Waals surface area contributed by atoms with Crippen LogP contribution in [0.4, 0.5) is 13.2 Å². The third-order valence-electron chi connectivity index (χ3n) is 4.70. The zero-order valence-corrected chi connectivity index (χ0v) is 12.5. The first-order chi connectivity index (χ1) is 11.0. The third-order valence-corrected chi connectivity index (χ3v) is 4.70. The summed E-state index contributed by atoms with van der Waals surface area (Å²) < 4.78 is 39.2. The van der Waals surface area contributed by atoms with Gasteiger partial charge in [-0.3, -0.25) is 0 Å². The van der Waals surface area contributed by atoms with Crippen LogP contribution in [0.3, 0.4) is 0 Å². The van der Waals surface area contributed by atoms with Crippen molar-refractivity contribution in [3.63, 3.8) is 0 Å². The molecule has 0 saturated heterocycles. The standard InChI is InChI=1S/C20H16F3/c21-20(22,23)12-15-11-14-6-2-3-7-16(14)18-10-9-13-5-1-4-8-17(13)19(15)18/h2-3,5-7,9-12,15H,1,4,8H2. The molecule has 0 aromatic heterocycles. The van der Waals surface area contributed by atoms with Crippen LogP contribution in [0, 0.1) is 16.9 Å². The molecule has 1 radical (unpaired) electrons. The van der Waals surface area contributed by atoms with Crippen molar-refractivity contribution in [2.75, 3.05) is 0 Å². The summed E-state index contributed by atoms with van der Waals surface area (Å²) in [4.78, 5) is 0. The summed E-state index contributed by atoms with van der Waals surface area (Å²) in [6.45, 7) is 0. The van der Waals surface area contributed by atoms with Crippen LogP contribution >= 0.6 is 0 Å². The fraction of sp³-hybridized carbons (Fsp3) is 0.250. The van der Waals surface area contributed by atoms with Gasteiger partial charge in [0, 0.05) is 5.92 Å². The van der Waals surface area contributed by atoms with E-state index >= 15 is 0 Å². The van der Waals surface area contributed by atoms with E-state index in [-0.39, 0.29) is 0 Å². The van der Waals surface area contributed by atoms with E-state index in [1.807, 2.05) is 30.3 Å². The van der Waals surface area contributed by atoms with Gasteiger partial charge in [0.1, 0.15) is 0 Å². The molecule has 2 aromatic carbocycles. The summed E-state index contributed by atoms with van der Waals surface area (Å²) >= 11 is 0. The van der Waals surface area contributed by atoms with E-state index in [9.17, 15) is 13.2 Å². The highest BCUT2D eigenvalue weighted by molar-refractivity contribution is 5.53. The Kier molecular flexibility index (Phi) is 3.33. The van der Waals surface area contributed by atoms with Gasteiger partial charge in [-0.15, -0.1) is 0 Å². The van der Waals surface area contributed by atoms with Gasteiger partial charge in [-0.2, -0.15) is 13.2 Å². The molecule has 0 nitrogen and oxygen atoms in total. The van der Waals surface area contributed by atoms with Crippen LogP contribution in [0.1, 0.15) is 29.9 Å². The molecule has 2 aromatic rings. The van der Waals surface area contributed by atoms with Crippen molar-refractivity contribution in [3.05, 3.63) is 74.8 Å². The average molecular weight is 313 g/mol. The van der Waals surface area contributed by atoms with Crippen molar-refractivity contribution in [1.29, 1.82) is 0 Å². The molecular formula is C20H16F3. The van der Waals surface area contributed by atoms with Crippen molar-refractivity contribution in [1.82, 2.24) is 0 Å². The molecule has 2 aliphatic carbocycles. The van der Waals surface area contributed by atoms with Crippen LogP contribution in [0.25, 0.3) is 12.2 Å². The van der Waals surface area contributed by atoms with Gasteiger partial charge in [0.2, 0.25) is 0 Å². The molecule has 0 spiro atoms. The first-order valence-corrected chi connectivity index (χ1v) is 7.89. The number of alkyl halides is 3. The maximum Gasteiger partial charge on any atom is 0.393 e. The van der Waals surface area contributed by atoms with Gasteiger partial charge in [0.25, 0.3) is 0 Å². The Balaban J connectivity index is 2.10. The molecule has 0 aliphatic heterocycles. The number of fused-ring (bicyclic) bond motifs is 4. The lowest BCUT2D eigenvalue weighted by Crippen LogP contribution is -2.25. The Morgan fingerprint density at radius 2 is 1.78 bits per heavy atom. The van der Waals surface area contributed by atoms with Crippen molar-refractivity contribution in [2.45, 2.75) is 31.4 Å². The Hall–Kier alpha value is -2.03. The molecule has 0 amide bonds. The van der Waals surface area contributed by atoms with E-state index < -0.39 is 12.1 Å². The third kappa shape index (κ3) is 2.58. The highest BCUT2D eigenvalue weighted by Crippen LogP contribution is 2.35. The summed E-state index contributed by atoms with van der Waals surface area (Å²) in [5.41, 5.74) is 1.93. The minimum atomic E-state index is -4.29. The van der Waals surface area contributed by atoms with Crippen molar-refractivity contribution < 1.29 is 13.2 Å². The van der Waals surface area contributed by atoms with E-state index in [0.29, 0.717) is 6.42 Å². The zero-order valence-electron chi connectivity index (χ0n) is 12.5. The lowest BCUT2D eigenvalue weighted by molar-refractivity contribution is -0.0984. The van der Waals surface area contributed by atoms with Gasteiger partial charge in [-0.1, -0.05) is 48.6 Å². The predicted molar refractivity (Wildman–Crippen MR) is 84.8 cm³/mol. The highest BCUT2D eigenvalue weighted by atomic mass is 19.4. The van der Waals surface area contributed by atoms with Crippen molar-refractivity contribution in [3.8, 4) is 0 Å². The smallest absolute Gasteiger partial charge is 0.171 e. The zero-order chi connectivity index (χ0) is 16.0. The van der Waals surface area contributed by atoms with Crippen LogP contribution in [-0.2, 0) is 6.42 Å². The van der Waals surface area contributed by atoms with Crippen molar-refractivity contribution >= 4 is 12.2 Å². The molecule has 23 heavy (non-hydrogen) atoms. The Labute approximate surface area is 132 Å². The molecule has 1 unspecified atom stereocenters. The molecule has 117 valence electrons. The molecule has 1 atom stereocenters. The second-order valence-corrected chi connectivity index (χ2v) is 6.18. The number of benzene rings is 2. The summed E-state index contributed by atoms with van der Waals surface area (Å²) in [6.07, 6.45) is 2.99. The largest absolute Gasteiger partial charge is 0.393 e. The first-order valence-electron chi connectivity index (χ1n) is 7.89. The van der Waals surface area contributed by atoms with Crippen LogP contribution in [-0.4, -0.2) is 6.18 Å². The topological polar surface area (TPSA) is 0 Å². The summed E-state index contributed by atoms with van der Waals surface area (Å²) in [5.74, 6) is -0.707. The average Bonchev–Trinajstić information content (AvgIpc) is 2.53. The number of hydrogen-bond donors (Lipinski definition) is 0. The van der Waals surface area contributed by atoms with E-state index in [1.165, 1.54) is 0 Å². The Bertz CT molecular complexity index is 967. The lowest BCUT2D eigenvalue weighted by atomic mass is 9.81. The van der Waals surface area contributed by atoms with Gasteiger partial charge in [-0.05, 0) is 51.3 Å². The molecule has 4 rings (SSSR count). The first kappa shape index (κ1) is 14.6. The predicted octanol–water partition coefficient (Wildman–Crippen LogP) is 3.73. The molecule has 0 heterocycles. The molecule has 0 saturated carbocycles. The lowest BCUT2D eigenvalue weighted by Gasteiger charge is -2.24. The van der Waals surface area contributed by atoms with E-state index in [2.05, 4.69) is 12.1 Å². The summed E-state index contributed by atoms with van der Waals surface area (Å²) in [5, 5.41) is 3.96. The van der Waals surface area contributed by atoms with Gasteiger partial charge in [0.15, 0.2) is 0 Å². The minimum Gasteiger partial charge on any atom is -0.171 e. The summed E-state index contributed by atoms with van der Waals surface area (Å²) in [7, 11) is 0. The Morgan fingerprint density at radius 3 is 2.61 bits per heavy atom. The van der Waals surface area contributed by atoms with Gasteiger partial charge < -0.3 is 0 Å². The van der Waals surface area contributed by atoms with Crippen LogP contribution < -0.4 is 10.4 Å². The monoisotopic (exact) mass is 313 g/mol. The van der Waals surface area contributed by atoms with Gasteiger partial charge in [-0.25, -0.2) is 0 Å². The number of halogens is 3.